The summed E-state index contributed by atoms with van der Waals surface area (Å²) in [7, 11) is 1.59. The fraction of sp³-hybridized carbons (Fsp3) is 0.211. The molecule has 3 aromatic rings. The molecule has 0 spiro atoms. The highest BCUT2D eigenvalue weighted by Crippen LogP contribution is 2.45. The summed E-state index contributed by atoms with van der Waals surface area (Å²) in [6, 6.07) is 11.8. The maximum absolute atomic E-state index is 11.7. The summed E-state index contributed by atoms with van der Waals surface area (Å²) in [6.07, 6.45) is 3.06. The summed E-state index contributed by atoms with van der Waals surface area (Å²) in [5.74, 6) is 0.542. The van der Waals surface area contributed by atoms with Gasteiger partial charge in [0.05, 0.1) is 23.7 Å². The zero-order chi connectivity index (χ0) is 17.9. The highest BCUT2D eigenvalue weighted by Gasteiger charge is 2.39. The monoisotopic (exact) mass is 416 g/mol. The Hall–Kier alpha value is -2.05. The van der Waals surface area contributed by atoms with E-state index < -0.39 is 5.41 Å². The molecule has 1 atom stereocenters. The van der Waals surface area contributed by atoms with Crippen molar-refractivity contribution in [3.63, 3.8) is 0 Å². The molecule has 0 bridgehead atoms. The summed E-state index contributed by atoms with van der Waals surface area (Å²) < 4.78 is 6.17. The molecule has 128 valence electrons. The Labute approximate surface area is 159 Å². The number of aromatic nitrogens is 2. The molecule has 4 nitrogen and oxygen atoms in total. The lowest BCUT2D eigenvalue weighted by molar-refractivity contribution is -0.108. The normalized spacial score (nSPS) is 13.2. The van der Waals surface area contributed by atoms with E-state index in [9.17, 15) is 4.79 Å². The number of methoxy groups -OCH3 is 1. The largest absolute Gasteiger partial charge is 0.481 e. The second-order valence-electron chi connectivity index (χ2n) is 5.64. The predicted molar refractivity (Wildman–Crippen MR) is 102 cm³/mol. The van der Waals surface area contributed by atoms with Crippen molar-refractivity contribution in [2.45, 2.75) is 18.8 Å². The molecule has 6 heteroatoms. The van der Waals surface area contributed by atoms with Crippen LogP contribution in [0.15, 0.2) is 52.6 Å². The van der Waals surface area contributed by atoms with E-state index in [1.807, 2.05) is 48.8 Å². The van der Waals surface area contributed by atoms with E-state index in [0.717, 1.165) is 32.5 Å². The zero-order valence-corrected chi connectivity index (χ0v) is 16.3. The minimum atomic E-state index is -0.618. The van der Waals surface area contributed by atoms with Gasteiger partial charge in [-0.1, -0.05) is 34.1 Å². The number of carbonyl (C=O) groups is 1. The van der Waals surface area contributed by atoms with Crippen molar-refractivity contribution in [3.8, 4) is 5.88 Å². The molecule has 1 aromatic carbocycles. The maximum Gasteiger partial charge on any atom is 0.212 e. The number of hydrogen-bond donors (Lipinski definition) is 0. The Morgan fingerprint density at radius 3 is 2.40 bits per heavy atom. The lowest BCUT2D eigenvalue weighted by atomic mass is 9.71. The Bertz CT molecular complexity index is 862. The van der Waals surface area contributed by atoms with E-state index in [1.165, 1.54) is 0 Å². The molecule has 0 amide bonds. The van der Waals surface area contributed by atoms with E-state index in [1.54, 1.807) is 24.6 Å². The number of aldehydes is 1. The number of aryl methyl sites for hydroxylation is 1. The SMILES string of the molecule is COc1ccc(C(CC=O)(c2ccc(Br)cc2)c2scnc2C)cn1. The highest BCUT2D eigenvalue weighted by atomic mass is 79.9. The van der Waals surface area contributed by atoms with Crippen molar-refractivity contribution in [1.82, 2.24) is 9.97 Å². The van der Waals surface area contributed by atoms with E-state index in [2.05, 4.69) is 25.9 Å². The smallest absolute Gasteiger partial charge is 0.212 e. The van der Waals surface area contributed by atoms with Gasteiger partial charge in [-0.25, -0.2) is 9.97 Å². The molecule has 2 aromatic heterocycles. The van der Waals surface area contributed by atoms with Crippen LogP contribution in [0.5, 0.6) is 5.88 Å². The molecule has 3 rings (SSSR count). The molecule has 2 heterocycles. The van der Waals surface area contributed by atoms with Crippen LogP contribution in [-0.4, -0.2) is 23.4 Å². The first-order chi connectivity index (χ1) is 12.1. The van der Waals surface area contributed by atoms with Gasteiger partial charge in [0.2, 0.25) is 5.88 Å². The standard InChI is InChI=1S/C19H17BrN2O2S/c1-13-18(25-12-22-13)19(9-10-23,14-3-6-16(20)7-4-14)15-5-8-17(24-2)21-11-15/h3-8,10-12H,9H2,1-2H3. The number of thiazole rings is 1. The summed E-state index contributed by atoms with van der Waals surface area (Å²) >= 11 is 5.04. The molecule has 25 heavy (non-hydrogen) atoms. The molecule has 0 saturated heterocycles. The van der Waals surface area contributed by atoms with Crippen molar-refractivity contribution in [2.24, 2.45) is 0 Å². The number of ether oxygens (including phenoxy) is 1. The first-order valence-corrected chi connectivity index (χ1v) is 9.40. The predicted octanol–water partition coefficient (Wildman–Crippen LogP) is 4.54. The van der Waals surface area contributed by atoms with Crippen LogP contribution in [0, 0.1) is 6.92 Å². The Balaban J connectivity index is 2.29. The second-order valence-corrected chi connectivity index (χ2v) is 7.41. The summed E-state index contributed by atoms with van der Waals surface area (Å²) in [6.45, 7) is 1.97. The van der Waals surface area contributed by atoms with Crippen molar-refractivity contribution in [2.75, 3.05) is 7.11 Å². The van der Waals surface area contributed by atoms with Gasteiger partial charge in [-0.3, -0.25) is 0 Å². The number of carbonyl (C=O) groups excluding carboxylic acids is 1. The average Bonchev–Trinajstić information content (AvgIpc) is 3.07. The van der Waals surface area contributed by atoms with Crippen molar-refractivity contribution in [3.05, 3.63) is 74.3 Å². The number of nitrogens with zero attached hydrogens (tertiary/aromatic N) is 2. The molecule has 1 unspecified atom stereocenters. The third kappa shape index (κ3) is 3.24. The van der Waals surface area contributed by atoms with Gasteiger partial charge in [-0.15, -0.1) is 11.3 Å². The van der Waals surface area contributed by atoms with Crippen LogP contribution in [0.2, 0.25) is 0 Å². The van der Waals surface area contributed by atoms with E-state index in [4.69, 9.17) is 4.74 Å². The van der Waals surface area contributed by atoms with Crippen LogP contribution in [0.4, 0.5) is 0 Å². The van der Waals surface area contributed by atoms with Crippen molar-refractivity contribution < 1.29 is 9.53 Å². The van der Waals surface area contributed by atoms with Crippen LogP contribution >= 0.6 is 27.3 Å². The molecule has 0 aliphatic heterocycles. The number of halogens is 1. The summed E-state index contributed by atoms with van der Waals surface area (Å²) in [5.41, 5.74) is 4.09. The first kappa shape index (κ1) is 17.8. The minimum Gasteiger partial charge on any atom is -0.481 e. The topological polar surface area (TPSA) is 52.1 Å². The molecule has 0 saturated carbocycles. The van der Waals surface area contributed by atoms with Crippen LogP contribution in [0.3, 0.4) is 0 Å². The average molecular weight is 417 g/mol. The van der Waals surface area contributed by atoms with Crippen LogP contribution in [0.25, 0.3) is 0 Å². The molecule has 0 aliphatic rings. The minimum absolute atomic E-state index is 0.311. The van der Waals surface area contributed by atoms with Gasteiger partial charge in [0.25, 0.3) is 0 Å². The van der Waals surface area contributed by atoms with Crippen molar-refractivity contribution >= 4 is 33.6 Å². The fourth-order valence-electron chi connectivity index (χ4n) is 3.08. The third-order valence-electron chi connectivity index (χ3n) is 4.30. The zero-order valence-electron chi connectivity index (χ0n) is 13.9. The Morgan fingerprint density at radius 2 is 1.88 bits per heavy atom. The molecule has 0 aliphatic carbocycles. The molecular formula is C19H17BrN2O2S. The van der Waals surface area contributed by atoms with Gasteiger partial charge in [0, 0.05) is 28.0 Å². The number of pyridine rings is 1. The van der Waals surface area contributed by atoms with E-state index >= 15 is 0 Å². The maximum atomic E-state index is 11.7. The molecule has 0 radical (unpaired) electrons. The lowest BCUT2D eigenvalue weighted by Gasteiger charge is -2.33. The summed E-state index contributed by atoms with van der Waals surface area (Å²) in [5, 5.41) is 0. The fourth-order valence-corrected chi connectivity index (χ4v) is 4.41. The van der Waals surface area contributed by atoms with Crippen LogP contribution in [-0.2, 0) is 10.2 Å². The number of hydrogen-bond acceptors (Lipinski definition) is 5. The third-order valence-corrected chi connectivity index (χ3v) is 5.92. The summed E-state index contributed by atoms with van der Waals surface area (Å²) in [4.78, 5) is 21.5. The van der Waals surface area contributed by atoms with Gasteiger partial charge >= 0.3 is 0 Å². The van der Waals surface area contributed by atoms with Gasteiger partial charge in [0.15, 0.2) is 0 Å². The van der Waals surface area contributed by atoms with E-state index in [0.29, 0.717) is 12.3 Å². The quantitative estimate of drug-likeness (QED) is 0.553. The Morgan fingerprint density at radius 1 is 1.16 bits per heavy atom. The first-order valence-electron chi connectivity index (χ1n) is 7.72. The molecule has 0 fully saturated rings. The number of rotatable bonds is 6. The molecular weight excluding hydrogens is 400 g/mol. The van der Waals surface area contributed by atoms with Gasteiger partial charge in [0.1, 0.15) is 6.29 Å². The molecule has 0 N–H and O–H groups in total. The second kappa shape index (κ2) is 7.45. The van der Waals surface area contributed by atoms with Crippen molar-refractivity contribution in [1.29, 1.82) is 0 Å². The van der Waals surface area contributed by atoms with Gasteiger partial charge < -0.3 is 9.53 Å². The van der Waals surface area contributed by atoms with Gasteiger partial charge in [-0.2, -0.15) is 0 Å². The van der Waals surface area contributed by atoms with Crippen LogP contribution < -0.4 is 4.74 Å². The number of benzene rings is 1. The van der Waals surface area contributed by atoms with Crippen LogP contribution in [0.1, 0.15) is 28.1 Å². The lowest BCUT2D eigenvalue weighted by Crippen LogP contribution is -2.30. The highest BCUT2D eigenvalue weighted by molar-refractivity contribution is 9.10. The van der Waals surface area contributed by atoms with E-state index in [-0.39, 0.29) is 0 Å². The Kier molecular flexibility index (Phi) is 5.30. The van der Waals surface area contributed by atoms with Gasteiger partial charge in [-0.05, 0) is 30.2 Å².